The van der Waals surface area contributed by atoms with E-state index in [1.54, 1.807) is 11.8 Å². The van der Waals surface area contributed by atoms with E-state index in [2.05, 4.69) is 6.92 Å². The van der Waals surface area contributed by atoms with E-state index in [4.69, 9.17) is 10.5 Å². The van der Waals surface area contributed by atoms with E-state index in [0.29, 0.717) is 12.4 Å². The lowest BCUT2D eigenvalue weighted by Crippen LogP contribution is -2.07. The molecule has 1 aromatic carbocycles. The van der Waals surface area contributed by atoms with Gasteiger partial charge >= 0.3 is 6.18 Å². The highest BCUT2D eigenvalue weighted by atomic mass is 32.2. The maximum atomic E-state index is 12.4. The number of hydrogen-bond acceptors (Lipinski definition) is 3. The number of nitrogens with two attached hydrogens (primary N) is 1. The van der Waals surface area contributed by atoms with Crippen LogP contribution < -0.4 is 10.5 Å². The Bertz CT molecular complexity index is 382. The van der Waals surface area contributed by atoms with Crippen LogP contribution in [0.3, 0.4) is 0 Å². The molecule has 0 saturated heterocycles. The van der Waals surface area contributed by atoms with Crippen LogP contribution >= 0.6 is 11.8 Å². The molecule has 0 radical (unpaired) electrons. The fourth-order valence-electron chi connectivity index (χ4n) is 1.34. The number of nitrogen functional groups attached to an aromatic ring is 1. The van der Waals surface area contributed by atoms with Gasteiger partial charge in [-0.1, -0.05) is 6.92 Å². The third-order valence-corrected chi connectivity index (χ3v) is 3.22. The molecule has 2 N–H and O–H groups in total. The molecule has 0 unspecified atom stereocenters. The highest BCUT2D eigenvalue weighted by Crippen LogP contribution is 2.33. The summed E-state index contributed by atoms with van der Waals surface area (Å²) in [6.45, 7) is 2.53. The molecule has 0 aliphatic heterocycles. The number of anilines is 1. The first-order valence-corrected chi connectivity index (χ1v) is 6.78. The molecule has 0 saturated carbocycles. The monoisotopic (exact) mass is 279 g/mol. The van der Waals surface area contributed by atoms with Gasteiger partial charge in [0.2, 0.25) is 0 Å². The van der Waals surface area contributed by atoms with Crippen LogP contribution in [-0.4, -0.2) is 18.1 Å². The number of hydrogen-bond donors (Lipinski definition) is 1. The number of halogens is 3. The summed E-state index contributed by atoms with van der Waals surface area (Å²) in [4.78, 5) is 0. The Morgan fingerprint density at radius 3 is 2.61 bits per heavy atom. The Hall–Kier alpha value is -1.04. The third-order valence-electron chi connectivity index (χ3n) is 2.23. The van der Waals surface area contributed by atoms with E-state index in [1.165, 1.54) is 6.07 Å². The van der Waals surface area contributed by atoms with Crippen LogP contribution in [0.5, 0.6) is 5.75 Å². The highest BCUT2D eigenvalue weighted by Gasteiger charge is 2.30. The van der Waals surface area contributed by atoms with Gasteiger partial charge in [-0.25, -0.2) is 0 Å². The topological polar surface area (TPSA) is 35.2 Å². The minimum absolute atomic E-state index is 0.0213. The van der Waals surface area contributed by atoms with Gasteiger partial charge in [-0.05, 0) is 36.1 Å². The summed E-state index contributed by atoms with van der Waals surface area (Å²) in [6, 6.07) is 3.15. The first-order valence-electron chi connectivity index (χ1n) is 5.62. The van der Waals surface area contributed by atoms with Crippen molar-refractivity contribution in [1.29, 1.82) is 0 Å². The quantitative estimate of drug-likeness (QED) is 0.635. The number of rotatable bonds is 6. The van der Waals surface area contributed by atoms with Crippen LogP contribution in [0.2, 0.25) is 0 Å². The van der Waals surface area contributed by atoms with Crippen molar-refractivity contribution in [2.45, 2.75) is 19.5 Å². The Morgan fingerprint density at radius 2 is 2.06 bits per heavy atom. The van der Waals surface area contributed by atoms with Crippen LogP contribution in [0.4, 0.5) is 18.9 Å². The van der Waals surface area contributed by atoms with Crippen molar-refractivity contribution in [3.8, 4) is 5.75 Å². The molecule has 0 aliphatic carbocycles. The van der Waals surface area contributed by atoms with Crippen molar-refractivity contribution < 1.29 is 17.9 Å². The minimum Gasteiger partial charge on any atom is -0.491 e. The van der Waals surface area contributed by atoms with E-state index in [0.717, 1.165) is 30.1 Å². The number of thioether (sulfide) groups is 1. The summed E-state index contributed by atoms with van der Waals surface area (Å²) in [6.07, 6.45) is -3.52. The molecular weight excluding hydrogens is 263 g/mol. The summed E-state index contributed by atoms with van der Waals surface area (Å²) < 4.78 is 42.5. The van der Waals surface area contributed by atoms with Gasteiger partial charge in [-0.15, -0.1) is 0 Å². The smallest absolute Gasteiger partial charge is 0.416 e. The molecule has 102 valence electrons. The van der Waals surface area contributed by atoms with Gasteiger partial charge in [0.15, 0.2) is 0 Å². The van der Waals surface area contributed by atoms with Crippen molar-refractivity contribution in [2.75, 3.05) is 23.8 Å². The lowest BCUT2D eigenvalue weighted by molar-refractivity contribution is -0.137. The van der Waals surface area contributed by atoms with Crippen LogP contribution in [0.15, 0.2) is 18.2 Å². The average Bonchev–Trinajstić information content (AvgIpc) is 2.29. The van der Waals surface area contributed by atoms with Crippen LogP contribution in [0.25, 0.3) is 0 Å². The minimum atomic E-state index is -4.37. The molecule has 1 rings (SSSR count). The molecule has 0 heterocycles. The molecule has 0 aliphatic rings. The Balaban J connectivity index is 2.53. The normalized spacial score (nSPS) is 11.6. The van der Waals surface area contributed by atoms with Gasteiger partial charge < -0.3 is 10.5 Å². The lowest BCUT2D eigenvalue weighted by atomic mass is 10.2. The molecule has 0 atom stereocenters. The molecule has 6 heteroatoms. The van der Waals surface area contributed by atoms with Gasteiger partial charge in [0.05, 0.1) is 17.9 Å². The van der Waals surface area contributed by atoms with E-state index >= 15 is 0 Å². The van der Waals surface area contributed by atoms with Gasteiger partial charge in [-0.3, -0.25) is 0 Å². The standard InChI is InChI=1S/C12H16F3NOS/c1-2-18-7-3-6-17-11-5-4-9(8-10(11)16)12(13,14)15/h4-5,8H,2-3,6-7,16H2,1H3. The number of alkyl halides is 3. The second kappa shape index (κ2) is 6.78. The van der Waals surface area contributed by atoms with Crippen molar-refractivity contribution in [3.05, 3.63) is 23.8 Å². The van der Waals surface area contributed by atoms with E-state index in [9.17, 15) is 13.2 Å². The van der Waals surface area contributed by atoms with Crippen molar-refractivity contribution in [1.82, 2.24) is 0 Å². The van der Waals surface area contributed by atoms with Gasteiger partial charge in [0.1, 0.15) is 5.75 Å². The fourth-order valence-corrected chi connectivity index (χ4v) is 1.95. The SMILES string of the molecule is CCSCCCOc1ccc(C(F)(F)F)cc1N. The predicted molar refractivity (Wildman–Crippen MR) is 69.0 cm³/mol. The van der Waals surface area contributed by atoms with Crippen molar-refractivity contribution in [3.63, 3.8) is 0 Å². The van der Waals surface area contributed by atoms with Gasteiger partial charge in [0, 0.05) is 0 Å². The zero-order valence-corrected chi connectivity index (χ0v) is 10.9. The second-order valence-corrected chi connectivity index (χ2v) is 5.04. The molecule has 0 amide bonds. The lowest BCUT2D eigenvalue weighted by Gasteiger charge is -2.12. The summed E-state index contributed by atoms with van der Waals surface area (Å²) >= 11 is 1.79. The van der Waals surface area contributed by atoms with Gasteiger partial charge in [0.25, 0.3) is 0 Å². The Labute approximate surface area is 109 Å². The first-order chi connectivity index (χ1) is 8.45. The zero-order chi connectivity index (χ0) is 13.6. The maximum absolute atomic E-state index is 12.4. The van der Waals surface area contributed by atoms with E-state index in [-0.39, 0.29) is 5.69 Å². The number of benzene rings is 1. The summed E-state index contributed by atoms with van der Waals surface area (Å²) in [7, 11) is 0. The molecule has 0 aromatic heterocycles. The first kappa shape index (κ1) is 15.0. The van der Waals surface area contributed by atoms with Crippen molar-refractivity contribution in [2.24, 2.45) is 0 Å². The van der Waals surface area contributed by atoms with Gasteiger partial charge in [-0.2, -0.15) is 24.9 Å². The maximum Gasteiger partial charge on any atom is 0.416 e. The van der Waals surface area contributed by atoms with Crippen LogP contribution in [0.1, 0.15) is 18.9 Å². The van der Waals surface area contributed by atoms with Crippen molar-refractivity contribution >= 4 is 17.4 Å². The third kappa shape index (κ3) is 4.68. The Morgan fingerprint density at radius 1 is 1.33 bits per heavy atom. The van der Waals surface area contributed by atoms with E-state index in [1.807, 2.05) is 0 Å². The summed E-state index contributed by atoms with van der Waals surface area (Å²) in [5, 5.41) is 0. The molecule has 2 nitrogen and oxygen atoms in total. The summed E-state index contributed by atoms with van der Waals surface area (Å²) in [5.74, 6) is 2.32. The molecule has 0 bridgehead atoms. The molecule has 0 fully saturated rings. The second-order valence-electron chi connectivity index (χ2n) is 3.65. The summed E-state index contributed by atoms with van der Waals surface area (Å²) in [5.41, 5.74) is 4.79. The highest BCUT2D eigenvalue weighted by molar-refractivity contribution is 7.99. The van der Waals surface area contributed by atoms with Crippen LogP contribution in [-0.2, 0) is 6.18 Å². The molecular formula is C12H16F3NOS. The molecule has 18 heavy (non-hydrogen) atoms. The number of ether oxygens (including phenoxy) is 1. The van der Waals surface area contributed by atoms with E-state index < -0.39 is 11.7 Å². The largest absolute Gasteiger partial charge is 0.491 e. The fraction of sp³-hybridized carbons (Fsp3) is 0.500. The predicted octanol–water partition coefficient (Wildman–Crippen LogP) is 3.81. The Kier molecular flexibility index (Phi) is 5.65. The molecule has 1 aromatic rings. The van der Waals surface area contributed by atoms with Crippen LogP contribution in [0, 0.1) is 0 Å². The molecule has 0 spiro atoms. The average molecular weight is 279 g/mol. The zero-order valence-electron chi connectivity index (χ0n) is 10.1.